The number of aryl methyl sites for hydroxylation is 1. The number of nitrogens with one attached hydrogen (secondary N) is 1. The number of hydrogen-bond donors (Lipinski definition) is 1. The van der Waals surface area contributed by atoms with Crippen LogP contribution in [0.2, 0.25) is 0 Å². The molecule has 1 N–H and O–H groups in total. The number of unbranched alkanes of at least 4 members (excludes halogenated alkanes) is 2. The van der Waals surface area contributed by atoms with Crippen molar-refractivity contribution in [3.05, 3.63) is 12.2 Å². The summed E-state index contributed by atoms with van der Waals surface area (Å²) in [6.07, 6.45) is 5.38. The first-order chi connectivity index (χ1) is 7.38. The molecule has 1 aromatic rings. The van der Waals surface area contributed by atoms with Gasteiger partial charge in [-0.2, -0.15) is 5.10 Å². The molecule has 1 heterocycles. The lowest BCUT2D eigenvalue weighted by atomic mass is 10.2. The smallest absolute Gasteiger partial charge is 0.140 e. The monoisotopic (exact) mass is 274 g/mol. The van der Waals surface area contributed by atoms with Gasteiger partial charge in [0, 0.05) is 11.9 Å². The van der Waals surface area contributed by atoms with Crippen LogP contribution in [0.1, 0.15) is 32.0 Å². The molecule has 5 heteroatoms. The van der Waals surface area contributed by atoms with Crippen molar-refractivity contribution in [3.8, 4) is 0 Å². The van der Waals surface area contributed by atoms with Crippen LogP contribution in [-0.2, 0) is 13.1 Å². The van der Waals surface area contributed by atoms with Gasteiger partial charge in [0.2, 0.25) is 0 Å². The molecule has 0 saturated heterocycles. The molecule has 4 nitrogen and oxygen atoms in total. The molecule has 86 valence electrons. The van der Waals surface area contributed by atoms with Crippen LogP contribution in [-0.4, -0.2) is 26.6 Å². The van der Waals surface area contributed by atoms with Crippen molar-refractivity contribution in [1.29, 1.82) is 0 Å². The van der Waals surface area contributed by atoms with E-state index in [9.17, 15) is 0 Å². The van der Waals surface area contributed by atoms with Gasteiger partial charge in [-0.25, -0.2) is 9.67 Å². The summed E-state index contributed by atoms with van der Waals surface area (Å²) in [5.74, 6) is 1.03. The highest BCUT2D eigenvalue weighted by Crippen LogP contribution is 1.98. The van der Waals surface area contributed by atoms with Gasteiger partial charge in [0.15, 0.2) is 0 Å². The van der Waals surface area contributed by atoms with E-state index in [0.717, 1.165) is 30.8 Å². The fourth-order valence-corrected chi connectivity index (χ4v) is 1.81. The van der Waals surface area contributed by atoms with Crippen molar-refractivity contribution in [3.63, 3.8) is 0 Å². The number of aromatic nitrogens is 3. The molecule has 1 rings (SSSR count). The Morgan fingerprint density at radius 3 is 3.00 bits per heavy atom. The Bertz CT molecular complexity index is 262. The standard InChI is InChI=1S/C10H19BrN4/c1-2-15-10(13-9-14-15)8-12-7-5-3-4-6-11/h9,12H,2-8H2,1H3. The Morgan fingerprint density at radius 1 is 1.40 bits per heavy atom. The fraction of sp³-hybridized carbons (Fsp3) is 0.800. The van der Waals surface area contributed by atoms with Gasteiger partial charge < -0.3 is 5.32 Å². The van der Waals surface area contributed by atoms with Gasteiger partial charge in [0.25, 0.3) is 0 Å². The van der Waals surface area contributed by atoms with Crippen molar-refractivity contribution in [2.24, 2.45) is 0 Å². The van der Waals surface area contributed by atoms with E-state index in [1.165, 1.54) is 19.3 Å². The third kappa shape index (κ3) is 4.75. The largest absolute Gasteiger partial charge is 0.310 e. The predicted octanol–water partition coefficient (Wildman–Crippen LogP) is 1.95. The highest BCUT2D eigenvalue weighted by Gasteiger charge is 2.00. The lowest BCUT2D eigenvalue weighted by Crippen LogP contribution is -2.18. The maximum atomic E-state index is 4.20. The summed E-state index contributed by atoms with van der Waals surface area (Å²) in [4.78, 5) is 4.20. The van der Waals surface area contributed by atoms with Crippen LogP contribution in [0, 0.1) is 0 Å². The summed E-state index contributed by atoms with van der Waals surface area (Å²) in [6, 6.07) is 0. The molecule has 0 radical (unpaired) electrons. The Balaban J connectivity index is 2.09. The van der Waals surface area contributed by atoms with Crippen molar-refractivity contribution >= 4 is 15.9 Å². The zero-order valence-electron chi connectivity index (χ0n) is 9.25. The molecular weight excluding hydrogens is 256 g/mol. The average molecular weight is 275 g/mol. The molecular formula is C10H19BrN4. The van der Waals surface area contributed by atoms with Crippen LogP contribution in [0.15, 0.2) is 6.33 Å². The summed E-state index contributed by atoms with van der Waals surface area (Å²) < 4.78 is 1.92. The fourth-order valence-electron chi connectivity index (χ4n) is 1.41. The third-order valence-corrected chi connectivity index (χ3v) is 2.83. The topological polar surface area (TPSA) is 42.7 Å². The third-order valence-electron chi connectivity index (χ3n) is 2.27. The molecule has 0 aliphatic carbocycles. The summed E-state index contributed by atoms with van der Waals surface area (Å²) in [5.41, 5.74) is 0. The molecule has 0 aromatic carbocycles. The van der Waals surface area contributed by atoms with Gasteiger partial charge in [0.05, 0.1) is 6.54 Å². The second-order valence-electron chi connectivity index (χ2n) is 3.42. The molecule has 1 aromatic heterocycles. The molecule has 0 aliphatic rings. The quantitative estimate of drug-likeness (QED) is 0.582. The van der Waals surface area contributed by atoms with Crippen LogP contribution in [0.4, 0.5) is 0 Å². The summed E-state index contributed by atoms with van der Waals surface area (Å²) in [6.45, 7) is 4.85. The SMILES string of the molecule is CCn1ncnc1CNCCCCCBr. The van der Waals surface area contributed by atoms with Crippen LogP contribution in [0.5, 0.6) is 0 Å². The van der Waals surface area contributed by atoms with E-state index in [2.05, 4.69) is 38.3 Å². The Labute approximate surface area is 99.6 Å². The first-order valence-corrected chi connectivity index (χ1v) is 6.64. The summed E-state index contributed by atoms with van der Waals surface area (Å²) in [5, 5.41) is 8.61. The lowest BCUT2D eigenvalue weighted by Gasteiger charge is -2.04. The minimum atomic E-state index is 0.822. The van der Waals surface area contributed by atoms with Gasteiger partial charge in [-0.3, -0.25) is 0 Å². The van der Waals surface area contributed by atoms with E-state index >= 15 is 0 Å². The molecule has 0 atom stereocenters. The molecule has 15 heavy (non-hydrogen) atoms. The van der Waals surface area contributed by atoms with Crippen molar-refractivity contribution in [1.82, 2.24) is 20.1 Å². The van der Waals surface area contributed by atoms with Gasteiger partial charge >= 0.3 is 0 Å². The second kappa shape index (κ2) is 7.82. The zero-order valence-corrected chi connectivity index (χ0v) is 10.8. The Kier molecular flexibility index (Phi) is 6.59. The van der Waals surface area contributed by atoms with Crippen LogP contribution in [0.3, 0.4) is 0 Å². The summed E-state index contributed by atoms with van der Waals surface area (Å²) in [7, 11) is 0. The maximum absolute atomic E-state index is 4.20. The van der Waals surface area contributed by atoms with Crippen molar-refractivity contribution in [2.75, 3.05) is 11.9 Å². The van der Waals surface area contributed by atoms with E-state index in [-0.39, 0.29) is 0 Å². The van der Waals surface area contributed by atoms with Gasteiger partial charge in [-0.15, -0.1) is 0 Å². The van der Waals surface area contributed by atoms with Crippen molar-refractivity contribution < 1.29 is 0 Å². The number of halogens is 1. The Hall–Kier alpha value is -0.420. The van der Waals surface area contributed by atoms with E-state index in [0.29, 0.717) is 0 Å². The van der Waals surface area contributed by atoms with Gasteiger partial charge in [-0.05, 0) is 26.3 Å². The minimum absolute atomic E-state index is 0.822. The summed E-state index contributed by atoms with van der Waals surface area (Å²) >= 11 is 3.43. The van der Waals surface area contributed by atoms with Crippen LogP contribution < -0.4 is 5.32 Å². The Morgan fingerprint density at radius 2 is 2.27 bits per heavy atom. The number of hydrogen-bond acceptors (Lipinski definition) is 3. The molecule has 0 unspecified atom stereocenters. The average Bonchev–Trinajstić information content (AvgIpc) is 2.70. The molecule has 0 bridgehead atoms. The number of rotatable bonds is 8. The first kappa shape index (κ1) is 12.6. The highest BCUT2D eigenvalue weighted by molar-refractivity contribution is 9.09. The minimum Gasteiger partial charge on any atom is -0.310 e. The highest BCUT2D eigenvalue weighted by atomic mass is 79.9. The molecule has 0 amide bonds. The van der Waals surface area contributed by atoms with E-state index in [1.807, 2.05) is 4.68 Å². The lowest BCUT2D eigenvalue weighted by molar-refractivity contribution is 0.556. The molecule has 0 saturated carbocycles. The first-order valence-electron chi connectivity index (χ1n) is 5.51. The predicted molar refractivity (Wildman–Crippen MR) is 65.0 cm³/mol. The van der Waals surface area contributed by atoms with E-state index in [1.54, 1.807) is 6.33 Å². The maximum Gasteiger partial charge on any atom is 0.140 e. The second-order valence-corrected chi connectivity index (χ2v) is 4.21. The molecule has 0 fully saturated rings. The van der Waals surface area contributed by atoms with Crippen LogP contribution >= 0.6 is 15.9 Å². The molecule has 0 aliphatic heterocycles. The number of alkyl halides is 1. The molecule has 0 spiro atoms. The number of nitrogens with zero attached hydrogens (tertiary/aromatic N) is 3. The van der Waals surface area contributed by atoms with E-state index in [4.69, 9.17) is 0 Å². The zero-order chi connectivity index (χ0) is 10.9. The van der Waals surface area contributed by atoms with Gasteiger partial charge in [-0.1, -0.05) is 22.4 Å². The normalized spacial score (nSPS) is 10.8. The van der Waals surface area contributed by atoms with E-state index < -0.39 is 0 Å². The van der Waals surface area contributed by atoms with Crippen molar-refractivity contribution in [2.45, 2.75) is 39.3 Å². The van der Waals surface area contributed by atoms with Gasteiger partial charge in [0.1, 0.15) is 12.2 Å². The van der Waals surface area contributed by atoms with Crippen LogP contribution in [0.25, 0.3) is 0 Å².